The molecule has 1 N–H and O–H groups in total. The van der Waals surface area contributed by atoms with E-state index in [1.54, 1.807) is 12.1 Å². The third-order valence-corrected chi connectivity index (χ3v) is 5.55. The minimum Gasteiger partial charge on any atom is -0.449 e. The fraction of sp³-hybridized carbons (Fsp3) is 0.120. The molecular weight excluding hydrogens is 442 g/mol. The second-order valence-corrected chi connectivity index (χ2v) is 7.96. The highest BCUT2D eigenvalue weighted by molar-refractivity contribution is 9.10. The lowest BCUT2D eigenvalue weighted by Crippen LogP contribution is -2.26. The summed E-state index contributed by atoms with van der Waals surface area (Å²) in [6, 6.07) is 21.9. The number of carbonyl (C=O) groups excluding carboxylic acids is 2. The molecule has 0 aromatic heterocycles. The molecule has 4 nitrogen and oxygen atoms in total. The average molecular weight is 462 g/mol. The molecule has 30 heavy (non-hydrogen) atoms. The van der Waals surface area contributed by atoms with Crippen LogP contribution in [0.1, 0.15) is 33.0 Å². The van der Waals surface area contributed by atoms with Crippen LogP contribution in [0.4, 0.5) is 4.79 Å². The molecule has 0 saturated carbocycles. The van der Waals surface area contributed by atoms with Gasteiger partial charge in [0.1, 0.15) is 12.9 Å². The number of alkyl carbamates (subject to hydrolysis) is 1. The Morgan fingerprint density at radius 1 is 0.967 bits per heavy atom. The number of benzene rings is 3. The van der Waals surface area contributed by atoms with Crippen molar-refractivity contribution in [3.05, 3.63) is 99.5 Å². The van der Waals surface area contributed by atoms with E-state index < -0.39 is 6.09 Å². The summed E-state index contributed by atoms with van der Waals surface area (Å²) in [4.78, 5) is 23.1. The Balaban J connectivity index is 1.34. The van der Waals surface area contributed by atoms with Crippen LogP contribution in [-0.4, -0.2) is 25.5 Å². The summed E-state index contributed by atoms with van der Waals surface area (Å²) in [7, 11) is 0. The predicted octanol–water partition coefficient (Wildman–Crippen LogP) is 5.81. The molecular formula is C25H20BrNO3. The van der Waals surface area contributed by atoms with Gasteiger partial charge in [-0.15, -0.1) is 0 Å². The maximum atomic E-state index is 12.2. The van der Waals surface area contributed by atoms with Gasteiger partial charge in [-0.05, 0) is 46.0 Å². The molecule has 4 rings (SSSR count). The molecule has 0 bridgehead atoms. The van der Waals surface area contributed by atoms with E-state index >= 15 is 0 Å². The van der Waals surface area contributed by atoms with Gasteiger partial charge in [-0.1, -0.05) is 76.6 Å². The lowest BCUT2D eigenvalue weighted by molar-refractivity contribution is 0.112. The van der Waals surface area contributed by atoms with Crippen LogP contribution in [0.25, 0.3) is 17.2 Å². The van der Waals surface area contributed by atoms with E-state index in [0.717, 1.165) is 16.3 Å². The lowest BCUT2D eigenvalue weighted by Gasteiger charge is -2.14. The molecule has 3 aromatic carbocycles. The maximum Gasteiger partial charge on any atom is 0.407 e. The van der Waals surface area contributed by atoms with E-state index in [0.29, 0.717) is 12.1 Å². The summed E-state index contributed by atoms with van der Waals surface area (Å²) >= 11 is 3.38. The molecule has 0 spiro atoms. The Bertz CT molecular complexity index is 1080. The predicted molar refractivity (Wildman–Crippen MR) is 122 cm³/mol. The largest absolute Gasteiger partial charge is 0.449 e. The highest BCUT2D eigenvalue weighted by Gasteiger charge is 2.28. The van der Waals surface area contributed by atoms with Crippen molar-refractivity contribution in [1.29, 1.82) is 0 Å². The molecule has 0 atom stereocenters. The number of aldehydes is 1. The number of hydrogen-bond donors (Lipinski definition) is 1. The van der Waals surface area contributed by atoms with Gasteiger partial charge in [0.2, 0.25) is 0 Å². The van der Waals surface area contributed by atoms with Crippen LogP contribution in [0.15, 0.2) is 77.3 Å². The molecule has 5 heteroatoms. The fourth-order valence-electron chi connectivity index (χ4n) is 3.79. The number of halogens is 1. The first-order valence-corrected chi connectivity index (χ1v) is 10.5. The molecule has 3 aromatic rings. The van der Waals surface area contributed by atoms with Gasteiger partial charge < -0.3 is 10.1 Å². The van der Waals surface area contributed by atoms with Gasteiger partial charge >= 0.3 is 6.09 Å². The second kappa shape index (κ2) is 9.09. The number of nitrogens with one attached hydrogen (secondary N) is 1. The van der Waals surface area contributed by atoms with Gasteiger partial charge in [0.25, 0.3) is 0 Å². The minimum absolute atomic E-state index is 0.0436. The molecule has 1 aliphatic rings. The summed E-state index contributed by atoms with van der Waals surface area (Å²) in [6.07, 6.45) is 4.01. The van der Waals surface area contributed by atoms with Crippen molar-refractivity contribution in [3.63, 3.8) is 0 Å². The topological polar surface area (TPSA) is 55.4 Å². The number of ether oxygens (including phenoxy) is 1. The molecule has 1 aliphatic carbocycles. The summed E-state index contributed by atoms with van der Waals surface area (Å²) in [5.74, 6) is 0.0436. The zero-order valence-electron chi connectivity index (χ0n) is 16.2. The fourth-order valence-corrected chi connectivity index (χ4v) is 4.32. The van der Waals surface area contributed by atoms with E-state index in [-0.39, 0.29) is 12.5 Å². The molecule has 0 saturated heterocycles. The quantitative estimate of drug-likeness (QED) is 0.470. The highest BCUT2D eigenvalue weighted by atomic mass is 79.9. The number of rotatable bonds is 6. The summed E-state index contributed by atoms with van der Waals surface area (Å²) in [5.41, 5.74) is 6.25. The molecule has 0 fully saturated rings. The number of hydrogen-bond acceptors (Lipinski definition) is 3. The SMILES string of the molecule is O=Cc1cc(Br)cc(C=CCNC(=O)OCC2c3ccccc3-c3ccccc32)c1. The molecule has 0 unspecified atom stereocenters. The van der Waals surface area contributed by atoms with E-state index in [1.165, 1.54) is 22.3 Å². The van der Waals surface area contributed by atoms with Gasteiger partial charge in [0.15, 0.2) is 0 Å². The Morgan fingerprint density at radius 2 is 1.60 bits per heavy atom. The first-order valence-electron chi connectivity index (χ1n) is 9.67. The van der Waals surface area contributed by atoms with Crippen LogP contribution in [0.5, 0.6) is 0 Å². The number of carbonyl (C=O) groups is 2. The molecule has 0 aliphatic heterocycles. The minimum atomic E-state index is -0.454. The Kier molecular flexibility index (Phi) is 6.10. The maximum absolute atomic E-state index is 12.2. The molecule has 1 amide bonds. The monoisotopic (exact) mass is 461 g/mol. The first kappa shape index (κ1) is 20.1. The molecule has 0 heterocycles. The van der Waals surface area contributed by atoms with Crippen molar-refractivity contribution in [2.45, 2.75) is 5.92 Å². The summed E-state index contributed by atoms with van der Waals surface area (Å²) in [5, 5.41) is 2.74. The van der Waals surface area contributed by atoms with Crippen molar-refractivity contribution in [2.75, 3.05) is 13.2 Å². The van der Waals surface area contributed by atoms with E-state index in [4.69, 9.17) is 4.74 Å². The Labute approximate surface area is 183 Å². The van der Waals surface area contributed by atoms with E-state index in [1.807, 2.05) is 42.5 Å². The van der Waals surface area contributed by atoms with Crippen LogP contribution in [-0.2, 0) is 4.74 Å². The van der Waals surface area contributed by atoms with Crippen LogP contribution in [0.2, 0.25) is 0 Å². The van der Waals surface area contributed by atoms with E-state index in [2.05, 4.69) is 45.5 Å². The van der Waals surface area contributed by atoms with Crippen molar-refractivity contribution in [3.8, 4) is 11.1 Å². The van der Waals surface area contributed by atoms with Gasteiger partial charge in [0, 0.05) is 22.5 Å². The smallest absolute Gasteiger partial charge is 0.407 e. The van der Waals surface area contributed by atoms with Crippen molar-refractivity contribution < 1.29 is 14.3 Å². The summed E-state index contributed by atoms with van der Waals surface area (Å²) < 4.78 is 6.34. The van der Waals surface area contributed by atoms with Gasteiger partial charge in [0.05, 0.1) is 0 Å². The standard InChI is InChI=1S/C25H20BrNO3/c26-19-13-17(12-18(14-19)15-28)6-5-11-27-25(29)30-16-24-22-9-3-1-7-20(22)21-8-2-4-10-23(21)24/h1-10,12-15,24H,11,16H2,(H,27,29). The van der Waals surface area contributed by atoms with Crippen molar-refractivity contribution in [2.24, 2.45) is 0 Å². The lowest BCUT2D eigenvalue weighted by atomic mass is 9.98. The Morgan fingerprint density at radius 3 is 2.27 bits per heavy atom. The highest BCUT2D eigenvalue weighted by Crippen LogP contribution is 2.44. The third kappa shape index (κ3) is 4.36. The van der Waals surface area contributed by atoms with Crippen LogP contribution >= 0.6 is 15.9 Å². The van der Waals surface area contributed by atoms with Gasteiger partial charge in [-0.2, -0.15) is 0 Å². The van der Waals surface area contributed by atoms with Crippen LogP contribution < -0.4 is 5.32 Å². The first-order chi connectivity index (χ1) is 14.7. The Hall–Kier alpha value is -3.18. The number of amides is 1. The zero-order valence-corrected chi connectivity index (χ0v) is 17.8. The van der Waals surface area contributed by atoms with Gasteiger partial charge in [-0.25, -0.2) is 4.79 Å². The molecule has 150 valence electrons. The zero-order chi connectivity index (χ0) is 20.9. The van der Waals surface area contributed by atoms with Gasteiger partial charge in [-0.3, -0.25) is 4.79 Å². The summed E-state index contributed by atoms with van der Waals surface area (Å²) in [6.45, 7) is 0.623. The second-order valence-electron chi connectivity index (χ2n) is 7.04. The number of fused-ring (bicyclic) bond motifs is 3. The van der Waals surface area contributed by atoms with Crippen molar-refractivity contribution >= 4 is 34.4 Å². The van der Waals surface area contributed by atoms with Crippen LogP contribution in [0.3, 0.4) is 0 Å². The van der Waals surface area contributed by atoms with Crippen LogP contribution in [0, 0.1) is 0 Å². The molecule has 0 radical (unpaired) electrons. The van der Waals surface area contributed by atoms with E-state index in [9.17, 15) is 9.59 Å². The van der Waals surface area contributed by atoms with Crippen molar-refractivity contribution in [1.82, 2.24) is 5.32 Å². The average Bonchev–Trinajstić information content (AvgIpc) is 3.09. The third-order valence-electron chi connectivity index (χ3n) is 5.10. The normalized spacial score (nSPS) is 12.4.